The van der Waals surface area contributed by atoms with Gasteiger partial charge in [0, 0.05) is 30.5 Å². The SMILES string of the molecule is CC(C)C(=O)Nc1ccc(C2OC(=O)N(Cc3ccc(F)cc3)C2C(=O)NCc2cccnc2)cc1. The zero-order valence-electron chi connectivity index (χ0n) is 20.0. The van der Waals surface area contributed by atoms with Gasteiger partial charge in [-0.25, -0.2) is 9.18 Å². The Bertz CT molecular complexity index is 1220. The number of halogens is 1. The van der Waals surface area contributed by atoms with Gasteiger partial charge in [-0.3, -0.25) is 19.5 Å². The first-order valence-electron chi connectivity index (χ1n) is 11.6. The van der Waals surface area contributed by atoms with Gasteiger partial charge in [-0.15, -0.1) is 0 Å². The normalized spacial score (nSPS) is 17.1. The van der Waals surface area contributed by atoms with Crippen molar-refractivity contribution in [2.24, 2.45) is 5.92 Å². The van der Waals surface area contributed by atoms with E-state index in [1.165, 1.54) is 17.0 Å². The molecular formula is C27H27FN4O4. The topological polar surface area (TPSA) is 101 Å². The number of nitrogens with one attached hydrogen (secondary N) is 2. The molecule has 186 valence electrons. The Hall–Kier alpha value is -4.27. The van der Waals surface area contributed by atoms with Crippen LogP contribution < -0.4 is 10.6 Å². The summed E-state index contributed by atoms with van der Waals surface area (Å²) >= 11 is 0. The first-order chi connectivity index (χ1) is 17.3. The van der Waals surface area contributed by atoms with Gasteiger partial charge in [0.25, 0.3) is 0 Å². The number of hydrogen-bond donors (Lipinski definition) is 2. The monoisotopic (exact) mass is 490 g/mol. The Morgan fingerprint density at radius 1 is 1.06 bits per heavy atom. The summed E-state index contributed by atoms with van der Waals surface area (Å²) < 4.78 is 19.0. The van der Waals surface area contributed by atoms with E-state index in [0.29, 0.717) is 16.8 Å². The summed E-state index contributed by atoms with van der Waals surface area (Å²) in [6.45, 7) is 3.90. The van der Waals surface area contributed by atoms with Gasteiger partial charge in [0.05, 0.1) is 6.54 Å². The lowest BCUT2D eigenvalue weighted by atomic mass is 10.00. The molecule has 0 saturated carbocycles. The van der Waals surface area contributed by atoms with Crippen LogP contribution in [0.1, 0.15) is 36.6 Å². The van der Waals surface area contributed by atoms with E-state index in [4.69, 9.17) is 4.74 Å². The zero-order chi connectivity index (χ0) is 25.7. The van der Waals surface area contributed by atoms with Gasteiger partial charge >= 0.3 is 6.09 Å². The molecule has 3 amide bonds. The second-order valence-corrected chi connectivity index (χ2v) is 8.85. The van der Waals surface area contributed by atoms with Crippen LogP contribution in [-0.2, 0) is 27.4 Å². The largest absolute Gasteiger partial charge is 0.438 e. The van der Waals surface area contributed by atoms with Gasteiger partial charge in [0.2, 0.25) is 11.8 Å². The van der Waals surface area contributed by atoms with E-state index in [2.05, 4.69) is 15.6 Å². The van der Waals surface area contributed by atoms with Crippen molar-refractivity contribution in [1.29, 1.82) is 0 Å². The molecule has 1 aliphatic heterocycles. The Morgan fingerprint density at radius 2 is 1.78 bits per heavy atom. The van der Waals surface area contributed by atoms with Crippen LogP contribution in [0, 0.1) is 11.7 Å². The van der Waals surface area contributed by atoms with Gasteiger partial charge in [-0.1, -0.05) is 44.2 Å². The maximum atomic E-state index is 13.4. The Kier molecular flexibility index (Phi) is 7.58. The summed E-state index contributed by atoms with van der Waals surface area (Å²) in [4.78, 5) is 43.6. The number of carbonyl (C=O) groups excluding carboxylic acids is 3. The van der Waals surface area contributed by atoms with E-state index in [1.54, 1.807) is 68.7 Å². The fourth-order valence-corrected chi connectivity index (χ4v) is 3.84. The molecule has 0 radical (unpaired) electrons. The highest BCUT2D eigenvalue weighted by atomic mass is 19.1. The average molecular weight is 491 g/mol. The lowest BCUT2D eigenvalue weighted by Gasteiger charge is -2.24. The fourth-order valence-electron chi connectivity index (χ4n) is 3.84. The van der Waals surface area contributed by atoms with Gasteiger partial charge in [-0.2, -0.15) is 0 Å². The highest BCUT2D eigenvalue weighted by molar-refractivity contribution is 5.92. The fraction of sp³-hybridized carbons (Fsp3) is 0.259. The maximum absolute atomic E-state index is 13.4. The van der Waals surface area contributed by atoms with E-state index in [9.17, 15) is 18.8 Å². The third-order valence-electron chi connectivity index (χ3n) is 5.84. The standard InChI is InChI=1S/C27H27FN4O4/c1-17(2)25(33)31-22-11-7-20(8-12-22)24-23(26(34)30-15-19-4-3-13-29-14-19)32(27(35)36-24)16-18-5-9-21(28)10-6-18/h3-14,17,23-24H,15-16H2,1-2H3,(H,30,34)(H,31,33). The molecule has 3 aromatic rings. The number of benzene rings is 2. The summed E-state index contributed by atoms with van der Waals surface area (Å²) in [5, 5.41) is 5.68. The van der Waals surface area contributed by atoms with Crippen LogP contribution in [0.25, 0.3) is 0 Å². The van der Waals surface area contributed by atoms with Gasteiger partial charge < -0.3 is 15.4 Å². The molecule has 2 atom stereocenters. The molecule has 1 aromatic heterocycles. The van der Waals surface area contributed by atoms with Crippen molar-refractivity contribution < 1.29 is 23.5 Å². The quantitative estimate of drug-likeness (QED) is 0.493. The number of pyridine rings is 1. The predicted octanol–water partition coefficient (Wildman–Crippen LogP) is 4.19. The molecular weight excluding hydrogens is 463 g/mol. The molecule has 2 heterocycles. The lowest BCUT2D eigenvalue weighted by molar-refractivity contribution is -0.126. The van der Waals surface area contributed by atoms with Crippen LogP contribution in [0.5, 0.6) is 0 Å². The van der Waals surface area contributed by atoms with Gasteiger partial charge in [0.15, 0.2) is 12.1 Å². The number of anilines is 1. The van der Waals surface area contributed by atoms with Crippen LogP contribution in [0.15, 0.2) is 73.1 Å². The summed E-state index contributed by atoms with van der Waals surface area (Å²) in [5.41, 5.74) is 2.67. The van der Waals surface area contributed by atoms with Crippen molar-refractivity contribution in [1.82, 2.24) is 15.2 Å². The summed E-state index contributed by atoms with van der Waals surface area (Å²) in [6, 6.07) is 15.2. The molecule has 36 heavy (non-hydrogen) atoms. The highest BCUT2D eigenvalue weighted by Crippen LogP contribution is 2.34. The van der Waals surface area contributed by atoms with E-state index >= 15 is 0 Å². The molecule has 9 heteroatoms. The molecule has 1 aliphatic rings. The minimum atomic E-state index is -0.963. The summed E-state index contributed by atoms with van der Waals surface area (Å²) in [6.07, 6.45) is 1.77. The minimum absolute atomic E-state index is 0.0725. The van der Waals surface area contributed by atoms with Gasteiger partial charge in [0.1, 0.15) is 5.82 Å². The van der Waals surface area contributed by atoms with Gasteiger partial charge in [-0.05, 0) is 47.0 Å². The maximum Gasteiger partial charge on any atom is 0.411 e. The Morgan fingerprint density at radius 3 is 2.42 bits per heavy atom. The second-order valence-electron chi connectivity index (χ2n) is 8.85. The van der Waals surface area contributed by atoms with Crippen molar-refractivity contribution in [2.75, 3.05) is 5.32 Å². The number of aromatic nitrogens is 1. The highest BCUT2D eigenvalue weighted by Gasteiger charge is 2.46. The predicted molar refractivity (Wildman–Crippen MR) is 131 cm³/mol. The molecule has 2 N–H and O–H groups in total. The number of hydrogen-bond acceptors (Lipinski definition) is 5. The lowest BCUT2D eigenvalue weighted by Crippen LogP contribution is -2.46. The van der Waals surface area contributed by atoms with Crippen molar-refractivity contribution in [3.05, 3.63) is 95.6 Å². The number of rotatable bonds is 8. The van der Waals surface area contributed by atoms with Crippen LogP contribution in [0.3, 0.4) is 0 Å². The van der Waals surface area contributed by atoms with E-state index in [-0.39, 0.29) is 24.9 Å². The van der Waals surface area contributed by atoms with E-state index in [0.717, 1.165) is 5.56 Å². The third kappa shape index (κ3) is 5.86. The first-order valence-corrected chi connectivity index (χ1v) is 11.6. The summed E-state index contributed by atoms with van der Waals surface area (Å²) in [7, 11) is 0. The number of amides is 3. The number of carbonyl (C=O) groups is 3. The molecule has 0 aliphatic carbocycles. The van der Waals surface area contributed by atoms with Crippen molar-refractivity contribution in [3.63, 3.8) is 0 Å². The Balaban J connectivity index is 1.57. The molecule has 2 aromatic carbocycles. The molecule has 1 saturated heterocycles. The molecule has 0 bridgehead atoms. The van der Waals surface area contributed by atoms with Crippen molar-refractivity contribution in [2.45, 2.75) is 39.1 Å². The number of cyclic esters (lactones) is 1. The molecule has 1 fully saturated rings. The van der Waals surface area contributed by atoms with Crippen LogP contribution in [0.4, 0.5) is 14.9 Å². The van der Waals surface area contributed by atoms with E-state index < -0.39 is 30.0 Å². The van der Waals surface area contributed by atoms with Crippen LogP contribution >= 0.6 is 0 Å². The molecule has 2 unspecified atom stereocenters. The number of ether oxygens (including phenoxy) is 1. The van der Waals surface area contributed by atoms with Crippen molar-refractivity contribution in [3.8, 4) is 0 Å². The number of nitrogens with zero attached hydrogens (tertiary/aromatic N) is 2. The van der Waals surface area contributed by atoms with Crippen molar-refractivity contribution >= 4 is 23.6 Å². The zero-order valence-corrected chi connectivity index (χ0v) is 20.0. The first kappa shape index (κ1) is 24.8. The van der Waals surface area contributed by atoms with E-state index in [1.807, 2.05) is 6.07 Å². The average Bonchev–Trinajstić information content (AvgIpc) is 3.20. The van der Waals surface area contributed by atoms with Crippen LogP contribution in [-0.4, -0.2) is 33.8 Å². The molecule has 4 rings (SSSR count). The Labute approximate surface area is 208 Å². The second kappa shape index (κ2) is 11.0. The smallest absolute Gasteiger partial charge is 0.411 e. The summed E-state index contributed by atoms with van der Waals surface area (Å²) in [5.74, 6) is -1.08. The molecule has 0 spiro atoms. The molecule has 8 nitrogen and oxygen atoms in total. The third-order valence-corrected chi connectivity index (χ3v) is 5.84. The minimum Gasteiger partial charge on any atom is -0.438 e. The van der Waals surface area contributed by atoms with Crippen LogP contribution in [0.2, 0.25) is 0 Å².